The van der Waals surface area contributed by atoms with Crippen LogP contribution in [0.4, 0.5) is 5.69 Å². The van der Waals surface area contributed by atoms with Crippen molar-refractivity contribution >= 4 is 23.1 Å². The van der Waals surface area contributed by atoms with Gasteiger partial charge in [-0.2, -0.15) is 0 Å². The summed E-state index contributed by atoms with van der Waals surface area (Å²) in [5, 5.41) is 11.3. The van der Waals surface area contributed by atoms with Crippen LogP contribution in [0.25, 0.3) is 5.76 Å². The van der Waals surface area contributed by atoms with Gasteiger partial charge in [0.25, 0.3) is 11.7 Å². The van der Waals surface area contributed by atoms with Crippen LogP contribution >= 0.6 is 0 Å². The Hall–Kier alpha value is -3.12. The summed E-state index contributed by atoms with van der Waals surface area (Å²) >= 11 is 0. The fourth-order valence-corrected chi connectivity index (χ4v) is 4.76. The topological polar surface area (TPSA) is 64.1 Å². The van der Waals surface area contributed by atoms with E-state index in [0.717, 1.165) is 30.5 Å². The number of aliphatic hydroxyl groups excluding tert-OH is 1. The molecule has 2 aliphatic rings. The highest BCUT2D eigenvalue weighted by atomic mass is 16.3. The Morgan fingerprint density at radius 1 is 0.970 bits per heavy atom. The molecule has 2 aromatic carbocycles. The number of hydrogen-bond acceptors (Lipinski definition) is 5. The number of hydrogen-bond donors (Lipinski definition) is 1. The monoisotopic (exact) mass is 447 g/mol. The number of fused-ring (bicyclic) bond motifs is 1. The van der Waals surface area contributed by atoms with Crippen LogP contribution in [0.5, 0.6) is 0 Å². The second kappa shape index (κ2) is 9.40. The average Bonchev–Trinajstić information content (AvgIpc) is 3.06. The molecule has 0 bridgehead atoms. The van der Waals surface area contributed by atoms with E-state index >= 15 is 0 Å². The van der Waals surface area contributed by atoms with Crippen molar-refractivity contribution in [1.82, 2.24) is 9.80 Å². The number of nitrogens with zero attached hydrogens (tertiary/aromatic N) is 3. The van der Waals surface area contributed by atoms with Crippen LogP contribution in [0, 0.1) is 0 Å². The zero-order chi connectivity index (χ0) is 23.7. The molecule has 6 nitrogen and oxygen atoms in total. The molecule has 1 atom stereocenters. The molecule has 1 unspecified atom stereocenters. The Balaban J connectivity index is 1.81. The van der Waals surface area contributed by atoms with E-state index in [1.165, 1.54) is 17.5 Å². The Morgan fingerprint density at radius 2 is 1.64 bits per heavy atom. The lowest BCUT2D eigenvalue weighted by atomic mass is 9.88. The largest absolute Gasteiger partial charge is 0.507 e. The van der Waals surface area contributed by atoms with Crippen molar-refractivity contribution in [2.75, 3.05) is 46.2 Å². The number of aliphatic hydroxyl groups is 1. The number of Topliss-reactive ketones (excluding diaryl/α,β-unsaturated/α-hetero) is 1. The van der Waals surface area contributed by atoms with Gasteiger partial charge in [0, 0.05) is 38.4 Å². The molecule has 1 saturated heterocycles. The number of anilines is 1. The maximum Gasteiger partial charge on any atom is 0.295 e. The number of ketones is 1. The molecular weight excluding hydrogens is 414 g/mol. The summed E-state index contributed by atoms with van der Waals surface area (Å²) in [5.74, 6) is -1.26. The van der Waals surface area contributed by atoms with Gasteiger partial charge in [0.15, 0.2) is 0 Å². The summed E-state index contributed by atoms with van der Waals surface area (Å²) in [5.41, 5.74) is 5.15. The Morgan fingerprint density at radius 3 is 2.27 bits per heavy atom. The van der Waals surface area contributed by atoms with E-state index in [-0.39, 0.29) is 11.3 Å². The molecule has 0 spiro atoms. The van der Waals surface area contributed by atoms with Crippen molar-refractivity contribution in [2.45, 2.75) is 31.7 Å². The molecule has 1 heterocycles. The SMILES string of the molecule is CN(C)CCN1C(=O)C(=O)/C(=C(\O)c2ccc3c(c2)CCCC3)C1c1ccc(N(C)C)cc1. The molecule has 1 aliphatic heterocycles. The summed E-state index contributed by atoms with van der Waals surface area (Å²) in [6, 6.07) is 13.1. The number of benzene rings is 2. The first-order chi connectivity index (χ1) is 15.8. The number of carbonyl (C=O) groups excluding carboxylic acids is 2. The molecule has 33 heavy (non-hydrogen) atoms. The van der Waals surface area contributed by atoms with Gasteiger partial charge in [0.2, 0.25) is 0 Å². The highest BCUT2D eigenvalue weighted by molar-refractivity contribution is 6.46. The third-order valence-corrected chi connectivity index (χ3v) is 6.68. The zero-order valence-electron chi connectivity index (χ0n) is 20.0. The van der Waals surface area contributed by atoms with E-state index in [9.17, 15) is 14.7 Å². The van der Waals surface area contributed by atoms with Crippen LogP contribution in [0.15, 0.2) is 48.0 Å². The molecule has 174 valence electrons. The fraction of sp³-hybridized carbons (Fsp3) is 0.407. The molecule has 6 heteroatoms. The van der Waals surface area contributed by atoms with E-state index in [1.54, 1.807) is 4.90 Å². The number of amides is 1. The first-order valence-electron chi connectivity index (χ1n) is 11.6. The lowest BCUT2D eigenvalue weighted by Crippen LogP contribution is -2.35. The second-order valence-electron chi connectivity index (χ2n) is 9.47. The van der Waals surface area contributed by atoms with Gasteiger partial charge < -0.3 is 19.8 Å². The minimum Gasteiger partial charge on any atom is -0.507 e. The standard InChI is InChI=1S/C27H33N3O3/c1-28(2)15-16-30-24(19-11-13-22(14-12-19)29(3)4)23(26(32)27(30)33)25(31)21-10-9-18-7-5-6-8-20(18)17-21/h9-14,17,24,31H,5-8,15-16H2,1-4H3/b25-23-. The predicted molar refractivity (Wildman–Crippen MR) is 131 cm³/mol. The first kappa shape index (κ1) is 23.1. The Bertz CT molecular complexity index is 1090. The summed E-state index contributed by atoms with van der Waals surface area (Å²) < 4.78 is 0. The summed E-state index contributed by atoms with van der Waals surface area (Å²) in [7, 11) is 7.80. The molecule has 4 rings (SSSR count). The third-order valence-electron chi connectivity index (χ3n) is 6.68. The van der Waals surface area contributed by atoms with Crippen LogP contribution in [0.3, 0.4) is 0 Å². The second-order valence-corrected chi connectivity index (χ2v) is 9.47. The number of likely N-dealkylation sites (tertiary alicyclic amines) is 1. The quantitative estimate of drug-likeness (QED) is 0.416. The van der Waals surface area contributed by atoms with Gasteiger partial charge in [-0.05, 0) is 74.7 Å². The van der Waals surface area contributed by atoms with Crippen LogP contribution in [-0.4, -0.2) is 67.9 Å². The molecule has 1 amide bonds. The molecule has 0 saturated carbocycles. The number of likely N-dealkylation sites (N-methyl/N-ethyl adjacent to an activating group) is 1. The molecule has 0 aromatic heterocycles. The van der Waals surface area contributed by atoms with Crippen LogP contribution in [-0.2, 0) is 22.4 Å². The maximum absolute atomic E-state index is 13.2. The van der Waals surface area contributed by atoms with Crippen molar-refractivity contribution < 1.29 is 14.7 Å². The first-order valence-corrected chi connectivity index (χ1v) is 11.6. The Kier molecular flexibility index (Phi) is 6.56. The fourth-order valence-electron chi connectivity index (χ4n) is 4.76. The summed E-state index contributed by atoms with van der Waals surface area (Å²) in [4.78, 5) is 31.8. The average molecular weight is 448 g/mol. The normalized spacial score (nSPS) is 19.8. The van der Waals surface area contributed by atoms with E-state index in [4.69, 9.17) is 0 Å². The van der Waals surface area contributed by atoms with Crippen molar-refractivity contribution in [3.05, 3.63) is 70.3 Å². The van der Waals surface area contributed by atoms with E-state index in [1.807, 2.05) is 80.5 Å². The number of rotatable bonds is 6. The molecule has 0 radical (unpaired) electrons. The summed E-state index contributed by atoms with van der Waals surface area (Å²) in [6.07, 6.45) is 4.33. The number of carbonyl (C=O) groups is 2. The van der Waals surface area contributed by atoms with Gasteiger partial charge in [0.05, 0.1) is 11.6 Å². The van der Waals surface area contributed by atoms with Gasteiger partial charge in [-0.3, -0.25) is 9.59 Å². The van der Waals surface area contributed by atoms with Crippen molar-refractivity contribution in [3.63, 3.8) is 0 Å². The van der Waals surface area contributed by atoms with Gasteiger partial charge in [0.1, 0.15) is 5.76 Å². The predicted octanol–water partition coefficient (Wildman–Crippen LogP) is 3.61. The van der Waals surface area contributed by atoms with E-state index < -0.39 is 17.7 Å². The smallest absolute Gasteiger partial charge is 0.295 e. The van der Waals surface area contributed by atoms with Crippen LogP contribution in [0.1, 0.15) is 41.1 Å². The van der Waals surface area contributed by atoms with Crippen molar-refractivity contribution in [1.29, 1.82) is 0 Å². The van der Waals surface area contributed by atoms with Gasteiger partial charge in [-0.1, -0.05) is 24.3 Å². The lowest BCUT2D eigenvalue weighted by Gasteiger charge is -2.27. The molecule has 1 aliphatic carbocycles. The lowest BCUT2D eigenvalue weighted by molar-refractivity contribution is -0.140. The minimum absolute atomic E-state index is 0.0873. The molecule has 1 N–H and O–H groups in total. The van der Waals surface area contributed by atoms with Gasteiger partial charge >= 0.3 is 0 Å². The van der Waals surface area contributed by atoms with Crippen molar-refractivity contribution in [3.8, 4) is 0 Å². The van der Waals surface area contributed by atoms with Crippen molar-refractivity contribution in [2.24, 2.45) is 0 Å². The minimum atomic E-state index is -0.620. The molecule has 2 aromatic rings. The summed E-state index contributed by atoms with van der Waals surface area (Å²) in [6.45, 7) is 1.02. The maximum atomic E-state index is 13.2. The van der Waals surface area contributed by atoms with Gasteiger partial charge in [-0.25, -0.2) is 0 Å². The molecule has 1 fully saturated rings. The van der Waals surface area contributed by atoms with E-state index in [2.05, 4.69) is 0 Å². The zero-order valence-corrected chi connectivity index (χ0v) is 20.0. The number of aryl methyl sites for hydroxylation is 2. The van der Waals surface area contributed by atoms with Gasteiger partial charge in [-0.15, -0.1) is 0 Å². The van der Waals surface area contributed by atoms with Crippen LogP contribution < -0.4 is 4.90 Å². The third kappa shape index (κ3) is 4.53. The van der Waals surface area contributed by atoms with Crippen LogP contribution in [0.2, 0.25) is 0 Å². The van der Waals surface area contributed by atoms with E-state index in [0.29, 0.717) is 18.7 Å². The Labute approximate surface area is 196 Å². The highest BCUT2D eigenvalue weighted by Gasteiger charge is 2.45. The highest BCUT2D eigenvalue weighted by Crippen LogP contribution is 2.40. The molecular formula is C27H33N3O3.